The third-order valence-corrected chi connectivity index (χ3v) is 6.48. The number of aromatic amines is 1. The second-order valence-corrected chi connectivity index (χ2v) is 8.87. The lowest BCUT2D eigenvalue weighted by atomic mass is 9.89. The molecule has 0 aromatic carbocycles. The molecule has 1 fully saturated rings. The van der Waals surface area contributed by atoms with E-state index in [0.29, 0.717) is 13.1 Å². The molecule has 0 spiro atoms. The maximum Gasteiger partial charge on any atom is 0.211 e. The molecule has 0 amide bonds. The van der Waals surface area contributed by atoms with Crippen molar-refractivity contribution in [3.63, 3.8) is 0 Å². The first-order valence-corrected chi connectivity index (χ1v) is 9.91. The van der Waals surface area contributed by atoms with Gasteiger partial charge in [-0.3, -0.25) is 0 Å². The van der Waals surface area contributed by atoms with Gasteiger partial charge >= 0.3 is 0 Å². The summed E-state index contributed by atoms with van der Waals surface area (Å²) < 4.78 is 27.4. The molecule has 0 aliphatic carbocycles. The van der Waals surface area contributed by atoms with Crippen LogP contribution >= 0.6 is 0 Å². The van der Waals surface area contributed by atoms with Gasteiger partial charge in [-0.2, -0.15) is 0 Å². The number of hydrogen-bond acceptors (Lipinski definition) is 4. The molecule has 130 valence electrons. The highest BCUT2D eigenvalue weighted by molar-refractivity contribution is 7.88. The van der Waals surface area contributed by atoms with E-state index in [1.165, 1.54) is 6.26 Å². The second kappa shape index (κ2) is 5.03. The molecule has 0 atom stereocenters. The number of fused-ring (bicyclic) bond motifs is 3. The molecule has 7 nitrogen and oxygen atoms in total. The molecule has 0 bridgehead atoms. The Morgan fingerprint density at radius 1 is 1.33 bits per heavy atom. The molecule has 4 rings (SSSR count). The standard InChI is InChI=1S/C16H21N5O2S.H2/c1-11-19-13-10-18-15-12(4-7-17-15)14(13)21(11)16(2)5-8-20(9-6-16)24(3,22)23;/h4,7,10H,5-6,8-9H2,1-3H3,(H,17,18);1H. The molecule has 1 saturated heterocycles. The zero-order valence-electron chi connectivity index (χ0n) is 14.1. The maximum atomic E-state index is 11.8. The van der Waals surface area contributed by atoms with Crippen molar-refractivity contribution in [2.45, 2.75) is 32.2 Å². The molecule has 8 heteroatoms. The quantitative estimate of drug-likeness (QED) is 0.769. The van der Waals surface area contributed by atoms with Crippen molar-refractivity contribution >= 4 is 32.1 Å². The second-order valence-electron chi connectivity index (χ2n) is 6.89. The molecule has 3 aromatic heterocycles. The highest BCUT2D eigenvalue weighted by atomic mass is 32.2. The SMILES string of the molecule is Cc1nc2cnc3[nH]ccc3c2n1C1(C)CCN(S(C)(=O)=O)CC1.[HH]. The van der Waals surface area contributed by atoms with E-state index in [-0.39, 0.29) is 6.97 Å². The molecular formula is C16H23N5O2S. The number of nitrogens with zero attached hydrogens (tertiary/aromatic N) is 4. The first-order valence-electron chi connectivity index (χ1n) is 8.06. The first-order chi connectivity index (χ1) is 11.3. The molecular weight excluding hydrogens is 326 g/mol. The van der Waals surface area contributed by atoms with Gasteiger partial charge in [0.1, 0.15) is 17.0 Å². The Morgan fingerprint density at radius 2 is 2.04 bits per heavy atom. The minimum absolute atomic E-state index is 0. The summed E-state index contributed by atoms with van der Waals surface area (Å²) in [4.78, 5) is 12.3. The number of piperidine rings is 1. The Balaban J connectivity index is 0.00000182. The fourth-order valence-corrected chi connectivity index (χ4v) is 4.72. The first kappa shape index (κ1) is 15.6. The number of aromatic nitrogens is 4. The molecule has 0 saturated carbocycles. The van der Waals surface area contributed by atoms with E-state index >= 15 is 0 Å². The molecule has 1 aliphatic heterocycles. The van der Waals surface area contributed by atoms with Crippen LogP contribution in [0.5, 0.6) is 0 Å². The van der Waals surface area contributed by atoms with E-state index in [9.17, 15) is 8.42 Å². The van der Waals surface area contributed by atoms with Gasteiger partial charge in [0.2, 0.25) is 10.0 Å². The number of sulfonamides is 1. The summed E-state index contributed by atoms with van der Waals surface area (Å²) in [5.41, 5.74) is 2.65. The lowest BCUT2D eigenvalue weighted by molar-refractivity contribution is 0.182. The van der Waals surface area contributed by atoms with E-state index in [4.69, 9.17) is 0 Å². The highest BCUT2D eigenvalue weighted by Crippen LogP contribution is 2.36. The molecule has 24 heavy (non-hydrogen) atoms. The zero-order valence-corrected chi connectivity index (χ0v) is 14.9. The summed E-state index contributed by atoms with van der Waals surface area (Å²) >= 11 is 0. The highest BCUT2D eigenvalue weighted by Gasteiger charge is 2.36. The summed E-state index contributed by atoms with van der Waals surface area (Å²) in [6.45, 7) is 5.28. The average Bonchev–Trinajstić information content (AvgIpc) is 3.09. The van der Waals surface area contributed by atoms with Crippen LogP contribution in [0.4, 0.5) is 0 Å². The van der Waals surface area contributed by atoms with Crippen molar-refractivity contribution in [3.05, 3.63) is 24.3 Å². The minimum Gasteiger partial charge on any atom is -0.346 e. The predicted octanol–water partition coefficient (Wildman–Crippen LogP) is 2.24. The summed E-state index contributed by atoms with van der Waals surface area (Å²) in [5, 5.41) is 1.06. The third kappa shape index (κ3) is 2.24. The van der Waals surface area contributed by atoms with Crippen molar-refractivity contribution in [3.8, 4) is 0 Å². The zero-order chi connectivity index (χ0) is 17.1. The molecule has 1 N–H and O–H groups in total. The Kier molecular flexibility index (Phi) is 3.27. The minimum atomic E-state index is -3.13. The van der Waals surface area contributed by atoms with Crippen molar-refractivity contribution in [1.29, 1.82) is 0 Å². The van der Waals surface area contributed by atoms with Gasteiger partial charge in [-0.15, -0.1) is 0 Å². The molecule has 4 heterocycles. The Morgan fingerprint density at radius 3 is 2.71 bits per heavy atom. The van der Waals surface area contributed by atoms with Crippen LogP contribution in [0.25, 0.3) is 22.1 Å². The van der Waals surface area contributed by atoms with E-state index < -0.39 is 10.0 Å². The lowest BCUT2D eigenvalue weighted by Crippen LogP contribution is -2.46. The maximum absolute atomic E-state index is 11.8. The largest absolute Gasteiger partial charge is 0.346 e. The lowest BCUT2D eigenvalue weighted by Gasteiger charge is -2.40. The monoisotopic (exact) mass is 349 g/mol. The fraction of sp³-hybridized carbons (Fsp3) is 0.500. The van der Waals surface area contributed by atoms with Crippen molar-refractivity contribution < 1.29 is 9.84 Å². The number of aryl methyl sites for hydroxylation is 1. The summed E-state index contributed by atoms with van der Waals surface area (Å²) in [6.07, 6.45) is 6.49. The van der Waals surface area contributed by atoms with Crippen LogP contribution in [0.15, 0.2) is 18.5 Å². The fourth-order valence-electron chi connectivity index (χ4n) is 3.87. The number of imidazole rings is 1. The van der Waals surface area contributed by atoms with Gasteiger partial charge in [0.25, 0.3) is 0 Å². The Bertz CT molecular complexity index is 1030. The van der Waals surface area contributed by atoms with Gasteiger partial charge in [-0.05, 0) is 32.8 Å². The van der Waals surface area contributed by atoms with Crippen LogP contribution in [-0.2, 0) is 15.6 Å². The van der Waals surface area contributed by atoms with Crippen LogP contribution in [0.3, 0.4) is 0 Å². The van der Waals surface area contributed by atoms with Crippen LogP contribution in [-0.4, -0.2) is 51.6 Å². The van der Waals surface area contributed by atoms with Crippen molar-refractivity contribution in [2.75, 3.05) is 19.3 Å². The van der Waals surface area contributed by atoms with Gasteiger partial charge in [0.15, 0.2) is 0 Å². The van der Waals surface area contributed by atoms with Crippen LogP contribution in [0.1, 0.15) is 27.0 Å². The predicted molar refractivity (Wildman–Crippen MR) is 95.5 cm³/mol. The van der Waals surface area contributed by atoms with Crippen LogP contribution in [0, 0.1) is 6.92 Å². The van der Waals surface area contributed by atoms with E-state index in [0.717, 1.165) is 40.7 Å². The topological polar surface area (TPSA) is 83.9 Å². The third-order valence-electron chi connectivity index (χ3n) is 5.18. The van der Waals surface area contributed by atoms with Gasteiger partial charge in [-0.1, -0.05) is 0 Å². The number of pyridine rings is 1. The summed E-state index contributed by atoms with van der Waals surface area (Å²) in [6, 6.07) is 2.03. The van der Waals surface area contributed by atoms with Gasteiger partial charge in [0, 0.05) is 31.6 Å². The van der Waals surface area contributed by atoms with Crippen molar-refractivity contribution in [2.24, 2.45) is 0 Å². The van der Waals surface area contributed by atoms with Crippen LogP contribution in [0.2, 0.25) is 0 Å². The van der Waals surface area contributed by atoms with Gasteiger partial charge in [-0.25, -0.2) is 22.7 Å². The molecule has 0 radical (unpaired) electrons. The average molecular weight is 349 g/mol. The summed E-state index contributed by atoms with van der Waals surface area (Å²) in [5.74, 6) is 0.941. The molecule has 1 aliphatic rings. The van der Waals surface area contributed by atoms with Crippen LogP contribution < -0.4 is 0 Å². The molecule has 3 aromatic rings. The number of nitrogens with one attached hydrogen (secondary N) is 1. The van der Waals surface area contributed by atoms with E-state index in [2.05, 4.69) is 26.4 Å². The van der Waals surface area contributed by atoms with Gasteiger partial charge < -0.3 is 9.55 Å². The van der Waals surface area contributed by atoms with Gasteiger partial charge in [0.05, 0.1) is 18.0 Å². The van der Waals surface area contributed by atoms with E-state index in [1.54, 1.807) is 10.5 Å². The summed E-state index contributed by atoms with van der Waals surface area (Å²) in [7, 11) is -3.13. The Labute approximate surface area is 142 Å². The Hall–Kier alpha value is -1.93. The molecule has 0 unspecified atom stereocenters. The van der Waals surface area contributed by atoms with Crippen molar-refractivity contribution in [1.82, 2.24) is 23.8 Å². The number of rotatable bonds is 2. The normalized spacial score (nSPS) is 19.3. The number of hydrogen-bond donors (Lipinski definition) is 1. The van der Waals surface area contributed by atoms with E-state index in [1.807, 2.05) is 19.2 Å². The number of H-pyrrole nitrogens is 1. The smallest absolute Gasteiger partial charge is 0.211 e.